The lowest BCUT2D eigenvalue weighted by atomic mass is 9.95. The molecule has 1 saturated heterocycles. The van der Waals surface area contributed by atoms with E-state index in [0.29, 0.717) is 18.5 Å². The Morgan fingerprint density at radius 3 is 2.65 bits per heavy atom. The molecule has 1 N–H and O–H groups in total. The van der Waals surface area contributed by atoms with Crippen molar-refractivity contribution >= 4 is 17.0 Å². The van der Waals surface area contributed by atoms with Gasteiger partial charge in [0.1, 0.15) is 12.1 Å². The molecule has 0 atom stereocenters. The molecule has 2 aromatic heterocycles. The van der Waals surface area contributed by atoms with Gasteiger partial charge in [-0.1, -0.05) is 25.7 Å². The number of rotatable bonds is 6. The number of hydrogen-bond donors (Lipinski definition) is 1. The highest BCUT2D eigenvalue weighted by Gasteiger charge is 2.21. The third-order valence-corrected chi connectivity index (χ3v) is 5.82. The lowest BCUT2D eigenvalue weighted by Gasteiger charge is -2.26. The van der Waals surface area contributed by atoms with Crippen LogP contribution in [0.3, 0.4) is 0 Å². The second kappa shape index (κ2) is 8.25. The number of aromatic nitrogens is 3. The Balaban J connectivity index is 1.49. The summed E-state index contributed by atoms with van der Waals surface area (Å²) in [6.45, 7) is 4.10. The van der Waals surface area contributed by atoms with Gasteiger partial charge >= 0.3 is 0 Å². The SMILES string of the molecule is CNc1nc2cnc(OCCN3CCCCC3)cc2n1C1CCCCC1. The van der Waals surface area contributed by atoms with E-state index >= 15 is 0 Å². The molecule has 2 fully saturated rings. The predicted molar refractivity (Wildman–Crippen MR) is 105 cm³/mol. The van der Waals surface area contributed by atoms with Crippen LogP contribution in [0.25, 0.3) is 11.0 Å². The van der Waals surface area contributed by atoms with Gasteiger partial charge in [0.05, 0.1) is 11.7 Å². The number of nitrogens with one attached hydrogen (secondary N) is 1. The molecule has 1 aliphatic heterocycles. The zero-order valence-corrected chi connectivity index (χ0v) is 15.9. The first-order valence-electron chi connectivity index (χ1n) is 10.3. The first-order valence-corrected chi connectivity index (χ1v) is 10.3. The molecule has 1 saturated carbocycles. The van der Waals surface area contributed by atoms with Crippen LogP contribution in [-0.4, -0.2) is 52.7 Å². The molecule has 2 aliphatic rings. The molecule has 6 heteroatoms. The average Bonchev–Trinajstić information content (AvgIpc) is 3.07. The molecule has 0 amide bonds. The fourth-order valence-corrected chi connectivity index (χ4v) is 4.41. The number of hydrogen-bond acceptors (Lipinski definition) is 5. The van der Waals surface area contributed by atoms with E-state index in [1.807, 2.05) is 13.2 Å². The lowest BCUT2D eigenvalue weighted by molar-refractivity contribution is 0.180. The van der Waals surface area contributed by atoms with Crippen LogP contribution in [0.4, 0.5) is 5.95 Å². The third-order valence-electron chi connectivity index (χ3n) is 5.82. The van der Waals surface area contributed by atoms with Gasteiger partial charge in [0.2, 0.25) is 11.8 Å². The zero-order chi connectivity index (χ0) is 17.8. The van der Waals surface area contributed by atoms with Gasteiger partial charge in [-0.2, -0.15) is 0 Å². The average molecular weight is 358 g/mol. The van der Waals surface area contributed by atoms with Crippen LogP contribution in [0.5, 0.6) is 5.88 Å². The van der Waals surface area contributed by atoms with E-state index in [1.165, 1.54) is 64.5 Å². The van der Waals surface area contributed by atoms with E-state index in [0.717, 1.165) is 23.5 Å². The van der Waals surface area contributed by atoms with Crippen molar-refractivity contribution in [3.63, 3.8) is 0 Å². The molecule has 3 heterocycles. The number of nitrogens with zero attached hydrogens (tertiary/aromatic N) is 4. The molecule has 0 radical (unpaired) electrons. The van der Waals surface area contributed by atoms with Crippen molar-refractivity contribution in [3.05, 3.63) is 12.3 Å². The maximum Gasteiger partial charge on any atom is 0.215 e. The fourth-order valence-electron chi connectivity index (χ4n) is 4.41. The maximum absolute atomic E-state index is 5.99. The van der Waals surface area contributed by atoms with Crippen LogP contribution >= 0.6 is 0 Å². The minimum atomic E-state index is 0.528. The van der Waals surface area contributed by atoms with Gasteiger partial charge < -0.3 is 14.6 Å². The van der Waals surface area contributed by atoms with Crippen molar-refractivity contribution in [2.45, 2.75) is 57.4 Å². The number of fused-ring (bicyclic) bond motifs is 1. The molecule has 0 spiro atoms. The van der Waals surface area contributed by atoms with Crippen LogP contribution in [0, 0.1) is 0 Å². The molecule has 6 nitrogen and oxygen atoms in total. The Morgan fingerprint density at radius 2 is 1.88 bits per heavy atom. The topological polar surface area (TPSA) is 55.2 Å². The van der Waals surface area contributed by atoms with E-state index in [2.05, 4.69) is 25.8 Å². The quantitative estimate of drug-likeness (QED) is 0.851. The Labute approximate surface area is 155 Å². The Bertz CT molecular complexity index is 716. The third kappa shape index (κ3) is 3.80. The number of likely N-dealkylation sites (tertiary alicyclic amines) is 1. The molecular formula is C20H31N5O. The van der Waals surface area contributed by atoms with Gasteiger partial charge in [-0.25, -0.2) is 9.97 Å². The minimum Gasteiger partial charge on any atom is -0.476 e. The van der Waals surface area contributed by atoms with Gasteiger partial charge in [-0.15, -0.1) is 0 Å². The zero-order valence-electron chi connectivity index (χ0n) is 15.9. The standard InChI is InChI=1S/C20H31N5O/c1-21-20-23-17-15-22-19(26-13-12-24-10-6-3-7-11-24)14-18(17)25(20)16-8-4-2-5-9-16/h14-16H,2-13H2,1H3,(H,21,23). The summed E-state index contributed by atoms with van der Waals surface area (Å²) < 4.78 is 8.36. The highest BCUT2D eigenvalue weighted by Crippen LogP contribution is 2.34. The first kappa shape index (κ1) is 17.6. The number of piperidine rings is 1. The highest BCUT2D eigenvalue weighted by atomic mass is 16.5. The summed E-state index contributed by atoms with van der Waals surface area (Å²) in [4.78, 5) is 11.7. The van der Waals surface area contributed by atoms with Crippen molar-refractivity contribution in [2.75, 3.05) is 38.6 Å². The number of ether oxygens (including phenoxy) is 1. The molecule has 0 bridgehead atoms. The van der Waals surface area contributed by atoms with Gasteiger partial charge in [-0.3, -0.25) is 4.90 Å². The van der Waals surface area contributed by atoms with E-state index < -0.39 is 0 Å². The van der Waals surface area contributed by atoms with E-state index in [4.69, 9.17) is 9.72 Å². The largest absolute Gasteiger partial charge is 0.476 e. The fraction of sp³-hybridized carbons (Fsp3) is 0.700. The highest BCUT2D eigenvalue weighted by molar-refractivity contribution is 5.79. The number of imidazole rings is 1. The van der Waals surface area contributed by atoms with Gasteiger partial charge in [0, 0.05) is 25.7 Å². The monoisotopic (exact) mass is 357 g/mol. The van der Waals surface area contributed by atoms with Crippen molar-refractivity contribution in [1.82, 2.24) is 19.4 Å². The van der Waals surface area contributed by atoms with Crippen molar-refractivity contribution < 1.29 is 4.74 Å². The molecule has 2 aromatic rings. The second-order valence-corrected chi connectivity index (χ2v) is 7.61. The van der Waals surface area contributed by atoms with Crippen molar-refractivity contribution in [3.8, 4) is 5.88 Å². The number of anilines is 1. The predicted octanol–water partition coefficient (Wildman–Crippen LogP) is 3.84. The summed E-state index contributed by atoms with van der Waals surface area (Å²) in [5.74, 6) is 1.66. The van der Waals surface area contributed by atoms with Crippen LogP contribution in [0.15, 0.2) is 12.3 Å². The van der Waals surface area contributed by atoms with Crippen LogP contribution in [0.2, 0.25) is 0 Å². The van der Waals surface area contributed by atoms with Gasteiger partial charge in [0.25, 0.3) is 0 Å². The lowest BCUT2D eigenvalue weighted by Crippen LogP contribution is -2.33. The molecule has 0 aromatic carbocycles. The van der Waals surface area contributed by atoms with E-state index in [-0.39, 0.29) is 0 Å². The molecular weight excluding hydrogens is 326 g/mol. The first-order chi connectivity index (χ1) is 12.8. The van der Waals surface area contributed by atoms with Gasteiger partial charge in [0.15, 0.2) is 0 Å². The molecule has 4 rings (SSSR count). The Morgan fingerprint density at radius 1 is 1.12 bits per heavy atom. The molecule has 26 heavy (non-hydrogen) atoms. The smallest absolute Gasteiger partial charge is 0.215 e. The number of pyridine rings is 1. The van der Waals surface area contributed by atoms with Crippen molar-refractivity contribution in [1.29, 1.82) is 0 Å². The molecule has 1 aliphatic carbocycles. The van der Waals surface area contributed by atoms with E-state index in [9.17, 15) is 0 Å². The van der Waals surface area contributed by atoms with Crippen molar-refractivity contribution in [2.24, 2.45) is 0 Å². The summed E-state index contributed by atoms with van der Waals surface area (Å²) in [5.41, 5.74) is 2.09. The maximum atomic E-state index is 5.99. The normalized spacial score (nSPS) is 19.7. The Hall–Kier alpha value is -1.82. The Kier molecular flexibility index (Phi) is 5.58. The summed E-state index contributed by atoms with van der Waals surface area (Å²) in [5, 5.41) is 3.26. The summed E-state index contributed by atoms with van der Waals surface area (Å²) >= 11 is 0. The van der Waals surface area contributed by atoms with E-state index in [1.54, 1.807) is 0 Å². The summed E-state index contributed by atoms with van der Waals surface area (Å²) in [7, 11) is 1.95. The van der Waals surface area contributed by atoms with Gasteiger partial charge in [-0.05, 0) is 38.8 Å². The van der Waals surface area contributed by atoms with Crippen LogP contribution < -0.4 is 10.1 Å². The molecule has 0 unspecified atom stereocenters. The summed E-state index contributed by atoms with van der Waals surface area (Å²) in [6, 6.07) is 2.60. The summed E-state index contributed by atoms with van der Waals surface area (Å²) in [6.07, 6.45) is 12.3. The van der Waals surface area contributed by atoms with Crippen LogP contribution in [0.1, 0.15) is 57.4 Å². The molecule has 142 valence electrons. The minimum absolute atomic E-state index is 0.528. The second-order valence-electron chi connectivity index (χ2n) is 7.61. The van der Waals surface area contributed by atoms with Crippen LogP contribution in [-0.2, 0) is 0 Å².